The van der Waals surface area contributed by atoms with Gasteiger partial charge in [-0.2, -0.15) is 0 Å². The number of nitrogen functional groups attached to an aromatic ring is 1. The summed E-state index contributed by atoms with van der Waals surface area (Å²) in [6.07, 6.45) is 7.86. The molecule has 9 nitrogen and oxygen atoms in total. The Kier molecular flexibility index (Phi) is 5.81. The minimum Gasteiger partial charge on any atom is -0.507 e. The number of nitrogens with zero attached hydrogens (tertiary/aromatic N) is 7. The van der Waals surface area contributed by atoms with E-state index in [4.69, 9.17) is 10.7 Å². The van der Waals surface area contributed by atoms with Crippen LogP contribution in [-0.4, -0.2) is 74.0 Å². The van der Waals surface area contributed by atoms with Crippen LogP contribution < -0.4 is 15.5 Å². The van der Waals surface area contributed by atoms with Crippen LogP contribution in [0.15, 0.2) is 42.6 Å². The summed E-state index contributed by atoms with van der Waals surface area (Å²) in [7, 11) is 0. The second kappa shape index (κ2) is 9.38. The second-order valence-corrected chi connectivity index (χ2v) is 11.5. The first-order valence-corrected chi connectivity index (χ1v) is 14.1. The van der Waals surface area contributed by atoms with Crippen LogP contribution in [0.2, 0.25) is 0 Å². The number of anilines is 3. The van der Waals surface area contributed by atoms with Crippen LogP contribution in [0.4, 0.5) is 17.3 Å². The number of hydrogen-bond donors (Lipinski definition) is 2. The molecule has 0 amide bonds. The fourth-order valence-electron chi connectivity index (χ4n) is 7.10. The Morgan fingerprint density at radius 2 is 1.95 bits per heavy atom. The van der Waals surface area contributed by atoms with E-state index in [1.807, 2.05) is 30.5 Å². The van der Waals surface area contributed by atoms with E-state index in [-0.39, 0.29) is 17.3 Å². The molecule has 0 spiro atoms. The van der Waals surface area contributed by atoms with Crippen molar-refractivity contribution in [1.82, 2.24) is 25.1 Å². The highest BCUT2D eigenvalue weighted by Gasteiger charge is 2.58. The van der Waals surface area contributed by atoms with Gasteiger partial charge in [0.25, 0.3) is 0 Å². The van der Waals surface area contributed by atoms with E-state index in [0.29, 0.717) is 22.9 Å². The summed E-state index contributed by atoms with van der Waals surface area (Å²) >= 11 is 0. The number of para-hydroxylation sites is 1. The van der Waals surface area contributed by atoms with Gasteiger partial charge in [-0.05, 0) is 75.1 Å². The zero-order valence-electron chi connectivity index (χ0n) is 22.3. The molecular formula is C30H34N8O. The Bertz CT molecular complexity index is 1460. The average molecular weight is 523 g/mol. The van der Waals surface area contributed by atoms with Crippen molar-refractivity contribution in [2.75, 3.05) is 41.7 Å². The molecule has 4 aliphatic heterocycles. The van der Waals surface area contributed by atoms with Crippen LogP contribution >= 0.6 is 0 Å². The molecule has 3 N–H and O–H groups in total. The number of rotatable bonds is 3. The van der Waals surface area contributed by atoms with Crippen molar-refractivity contribution in [2.45, 2.75) is 56.7 Å². The Hall–Kier alpha value is -3.90. The maximum atomic E-state index is 10.3. The first-order valence-electron chi connectivity index (χ1n) is 14.1. The zero-order valence-corrected chi connectivity index (χ0v) is 22.3. The number of nitrogens with two attached hydrogens (primary N) is 1. The summed E-state index contributed by atoms with van der Waals surface area (Å²) in [6, 6.07) is 12.1. The molecule has 0 radical (unpaired) electrons. The molecule has 39 heavy (non-hydrogen) atoms. The van der Waals surface area contributed by atoms with E-state index in [1.165, 1.54) is 32.2 Å². The normalized spacial score (nSPS) is 27.9. The van der Waals surface area contributed by atoms with Crippen molar-refractivity contribution in [1.29, 1.82) is 0 Å². The molecule has 4 fully saturated rings. The number of aromatic hydroxyl groups is 1. The number of fused-ring (bicyclic) bond motifs is 1. The molecule has 0 saturated carbocycles. The number of hydrogen-bond acceptors (Lipinski definition) is 9. The van der Waals surface area contributed by atoms with E-state index in [2.05, 4.69) is 48.6 Å². The van der Waals surface area contributed by atoms with Crippen LogP contribution in [0.3, 0.4) is 0 Å². The molecule has 6 heterocycles. The molecule has 1 aromatic carbocycles. The lowest BCUT2D eigenvalue weighted by Gasteiger charge is -2.52. The van der Waals surface area contributed by atoms with Gasteiger partial charge in [0.1, 0.15) is 11.6 Å². The van der Waals surface area contributed by atoms with Crippen molar-refractivity contribution in [3.63, 3.8) is 0 Å². The predicted octanol–water partition coefficient (Wildman–Crippen LogP) is 3.30. The summed E-state index contributed by atoms with van der Waals surface area (Å²) in [5.41, 5.74) is 8.43. The fourth-order valence-corrected chi connectivity index (χ4v) is 7.10. The molecule has 7 rings (SSSR count). The molecule has 9 heteroatoms. The van der Waals surface area contributed by atoms with Crippen molar-refractivity contribution in [2.24, 2.45) is 5.92 Å². The summed E-state index contributed by atoms with van der Waals surface area (Å²) in [4.78, 5) is 16.6. The molecule has 3 aromatic rings. The first kappa shape index (κ1) is 24.2. The maximum absolute atomic E-state index is 10.3. The van der Waals surface area contributed by atoms with Gasteiger partial charge in [0, 0.05) is 50.0 Å². The molecular weight excluding hydrogens is 488 g/mol. The zero-order chi connectivity index (χ0) is 26.6. The predicted molar refractivity (Wildman–Crippen MR) is 151 cm³/mol. The maximum Gasteiger partial charge on any atom is 0.206 e. The summed E-state index contributed by atoms with van der Waals surface area (Å²) in [5.74, 6) is 9.84. The molecule has 200 valence electrons. The van der Waals surface area contributed by atoms with Crippen LogP contribution in [0, 0.1) is 17.8 Å². The highest BCUT2D eigenvalue weighted by atomic mass is 16.3. The van der Waals surface area contributed by atoms with Crippen molar-refractivity contribution >= 4 is 17.3 Å². The van der Waals surface area contributed by atoms with E-state index in [0.717, 1.165) is 49.5 Å². The average Bonchev–Trinajstić information content (AvgIpc) is 3.14. The molecule has 4 aliphatic rings. The van der Waals surface area contributed by atoms with Crippen LogP contribution in [0.1, 0.15) is 44.9 Å². The van der Waals surface area contributed by atoms with Gasteiger partial charge in [-0.3, -0.25) is 4.90 Å². The van der Waals surface area contributed by atoms with Gasteiger partial charge in [0.2, 0.25) is 5.82 Å². The minimum absolute atomic E-state index is 0.0650. The van der Waals surface area contributed by atoms with Crippen molar-refractivity contribution < 1.29 is 5.11 Å². The smallest absolute Gasteiger partial charge is 0.206 e. The lowest BCUT2D eigenvalue weighted by atomic mass is 9.80. The topological polar surface area (TPSA) is 108 Å². The molecule has 2 aromatic heterocycles. The molecule has 0 aliphatic carbocycles. The van der Waals surface area contributed by atoms with E-state index in [1.54, 1.807) is 12.1 Å². The largest absolute Gasteiger partial charge is 0.507 e. The number of benzene rings is 1. The van der Waals surface area contributed by atoms with Gasteiger partial charge in [-0.25, -0.2) is 9.97 Å². The standard InChI is InChI=1S/C30H34N8O/c1-20-10-13-36(25-16-24(34-35-29(25)31)23-4-2-3-5-26(23)39)14-15-37(20)28-9-12-32-27(33-28)8-11-30-17-21-6-7-22(18-30)38(30)19-21/h2-5,9,12,16,20-22,39H,6-7,10,13-15,17-19H2,1H3,(H2,31,35). The quantitative estimate of drug-likeness (QED) is 0.501. The Balaban J connectivity index is 1.10. The number of aromatic nitrogens is 4. The number of piperidine rings is 1. The molecule has 2 bridgehead atoms. The Morgan fingerprint density at radius 3 is 2.85 bits per heavy atom. The van der Waals surface area contributed by atoms with Gasteiger partial charge in [0.05, 0.1) is 16.9 Å². The van der Waals surface area contributed by atoms with E-state index < -0.39 is 0 Å². The Morgan fingerprint density at radius 1 is 1.05 bits per heavy atom. The third-order valence-electron chi connectivity index (χ3n) is 9.18. The third kappa shape index (κ3) is 4.23. The van der Waals surface area contributed by atoms with Crippen LogP contribution in [0.25, 0.3) is 11.3 Å². The lowest BCUT2D eigenvalue weighted by molar-refractivity contribution is -0.00890. The summed E-state index contributed by atoms with van der Waals surface area (Å²) in [5, 5.41) is 18.8. The lowest BCUT2D eigenvalue weighted by Crippen LogP contribution is -2.61. The van der Waals surface area contributed by atoms with Gasteiger partial charge >= 0.3 is 0 Å². The van der Waals surface area contributed by atoms with E-state index >= 15 is 0 Å². The van der Waals surface area contributed by atoms with Gasteiger partial charge < -0.3 is 20.6 Å². The van der Waals surface area contributed by atoms with Gasteiger partial charge in [-0.15, -0.1) is 10.2 Å². The second-order valence-electron chi connectivity index (χ2n) is 11.5. The van der Waals surface area contributed by atoms with Crippen molar-refractivity contribution in [3.05, 3.63) is 48.4 Å². The summed E-state index contributed by atoms with van der Waals surface area (Å²) < 4.78 is 0. The highest BCUT2D eigenvalue weighted by molar-refractivity contribution is 5.74. The number of phenolic OH excluding ortho intramolecular Hbond substituents is 1. The Labute approximate surface area is 229 Å². The van der Waals surface area contributed by atoms with Crippen molar-refractivity contribution in [3.8, 4) is 28.8 Å². The minimum atomic E-state index is 0.0650. The third-order valence-corrected chi connectivity index (χ3v) is 9.18. The van der Waals surface area contributed by atoms with Gasteiger partial charge in [-0.1, -0.05) is 18.1 Å². The highest BCUT2D eigenvalue weighted by Crippen LogP contribution is 2.53. The van der Waals surface area contributed by atoms with Gasteiger partial charge in [0.15, 0.2) is 5.82 Å². The summed E-state index contributed by atoms with van der Waals surface area (Å²) in [6.45, 7) is 5.81. The fraction of sp³-hybridized carbons (Fsp3) is 0.467. The number of phenols is 1. The van der Waals surface area contributed by atoms with Crippen LogP contribution in [-0.2, 0) is 0 Å². The molecule has 4 unspecified atom stereocenters. The monoisotopic (exact) mass is 522 g/mol. The first-order chi connectivity index (χ1) is 19.0. The van der Waals surface area contributed by atoms with E-state index in [9.17, 15) is 5.11 Å². The SMILES string of the molecule is CC1CCN(c2cc(-c3ccccc3O)nnc2N)CCN1c1ccnc(C#CC23CC4CCC(C2)N3C4)n1. The molecule has 4 saturated heterocycles. The van der Waals surface area contributed by atoms with Crippen LogP contribution in [0.5, 0.6) is 5.75 Å². The molecule has 4 atom stereocenters.